The predicted molar refractivity (Wildman–Crippen MR) is 102 cm³/mol. The summed E-state index contributed by atoms with van der Waals surface area (Å²) in [7, 11) is 3.20. The number of thiophene rings is 1. The van der Waals surface area contributed by atoms with Crippen LogP contribution in [0.1, 0.15) is 17.7 Å². The Balaban J connectivity index is 1.72. The summed E-state index contributed by atoms with van der Waals surface area (Å²) in [6.45, 7) is 4.33. The van der Waals surface area contributed by atoms with Crippen LogP contribution in [0.3, 0.4) is 0 Å². The van der Waals surface area contributed by atoms with Crippen LogP contribution in [0.25, 0.3) is 11.4 Å². The number of benzene rings is 1. The molecular formula is C18H20ClN3O3S. The molecule has 0 bridgehead atoms. The third-order valence-electron chi connectivity index (χ3n) is 3.92. The average Bonchev–Trinajstić information content (AvgIpc) is 3.29. The number of halogens is 1. The third-order valence-corrected chi connectivity index (χ3v) is 5.14. The monoisotopic (exact) mass is 393 g/mol. The van der Waals surface area contributed by atoms with E-state index in [1.165, 1.54) is 4.88 Å². The zero-order valence-corrected chi connectivity index (χ0v) is 16.4. The molecule has 3 aromatic rings. The van der Waals surface area contributed by atoms with E-state index in [1.807, 2.05) is 30.3 Å². The van der Waals surface area contributed by atoms with Crippen LogP contribution in [-0.2, 0) is 13.1 Å². The Bertz CT molecular complexity index is 865. The molecule has 1 aromatic carbocycles. The van der Waals surface area contributed by atoms with Crippen LogP contribution < -0.4 is 9.47 Å². The van der Waals surface area contributed by atoms with Gasteiger partial charge in [-0.1, -0.05) is 23.7 Å². The van der Waals surface area contributed by atoms with Gasteiger partial charge >= 0.3 is 0 Å². The zero-order valence-electron chi connectivity index (χ0n) is 14.9. The molecule has 2 heterocycles. The van der Waals surface area contributed by atoms with E-state index < -0.39 is 0 Å². The fourth-order valence-corrected chi connectivity index (χ4v) is 3.67. The van der Waals surface area contributed by atoms with Gasteiger partial charge in [0.2, 0.25) is 11.7 Å². The Hall–Kier alpha value is -2.09. The number of ether oxygens (including phenoxy) is 2. The minimum atomic E-state index is 0.524. The lowest BCUT2D eigenvalue weighted by Gasteiger charge is -2.16. The molecule has 0 aliphatic heterocycles. The minimum absolute atomic E-state index is 0.524. The van der Waals surface area contributed by atoms with E-state index in [2.05, 4.69) is 22.0 Å². The van der Waals surface area contributed by atoms with Gasteiger partial charge in [0.15, 0.2) is 11.5 Å². The molecule has 0 atom stereocenters. The molecule has 138 valence electrons. The smallest absolute Gasteiger partial charge is 0.241 e. The van der Waals surface area contributed by atoms with Crippen LogP contribution in [0.2, 0.25) is 4.34 Å². The van der Waals surface area contributed by atoms with Gasteiger partial charge in [0.25, 0.3) is 0 Å². The first kappa shape index (κ1) is 18.7. The molecule has 0 aliphatic rings. The summed E-state index contributed by atoms with van der Waals surface area (Å²) < 4.78 is 16.8. The van der Waals surface area contributed by atoms with Gasteiger partial charge in [-0.15, -0.1) is 11.3 Å². The lowest BCUT2D eigenvalue weighted by Crippen LogP contribution is -2.21. The molecule has 0 unspecified atom stereocenters. The molecule has 0 saturated carbocycles. The lowest BCUT2D eigenvalue weighted by atomic mass is 10.2. The first-order valence-corrected chi connectivity index (χ1v) is 9.34. The Morgan fingerprint density at radius 1 is 1.12 bits per heavy atom. The number of methoxy groups -OCH3 is 2. The van der Waals surface area contributed by atoms with Gasteiger partial charge < -0.3 is 14.0 Å². The van der Waals surface area contributed by atoms with Crippen molar-refractivity contribution in [3.8, 4) is 22.9 Å². The number of hydrogen-bond acceptors (Lipinski definition) is 7. The van der Waals surface area contributed by atoms with Crippen molar-refractivity contribution in [2.75, 3.05) is 20.8 Å². The number of rotatable bonds is 8. The summed E-state index contributed by atoms with van der Waals surface area (Å²) in [6, 6.07) is 9.48. The highest BCUT2D eigenvalue weighted by Gasteiger charge is 2.15. The van der Waals surface area contributed by atoms with E-state index in [1.54, 1.807) is 25.6 Å². The maximum atomic E-state index is 6.00. The van der Waals surface area contributed by atoms with Gasteiger partial charge in [0.1, 0.15) is 0 Å². The molecule has 0 aliphatic carbocycles. The normalized spacial score (nSPS) is 11.1. The fraction of sp³-hybridized carbons (Fsp3) is 0.333. The Morgan fingerprint density at radius 2 is 1.92 bits per heavy atom. The molecule has 8 heteroatoms. The first-order valence-electron chi connectivity index (χ1n) is 8.14. The van der Waals surface area contributed by atoms with Crippen LogP contribution in [0.4, 0.5) is 0 Å². The second-order valence-corrected chi connectivity index (χ2v) is 7.39. The van der Waals surface area contributed by atoms with Crippen molar-refractivity contribution in [3.63, 3.8) is 0 Å². The van der Waals surface area contributed by atoms with Crippen LogP contribution in [-0.4, -0.2) is 35.8 Å². The quantitative estimate of drug-likeness (QED) is 0.562. The predicted octanol–water partition coefficient (Wildman–Crippen LogP) is 4.49. The molecule has 0 amide bonds. The van der Waals surface area contributed by atoms with Crippen molar-refractivity contribution in [1.29, 1.82) is 0 Å². The number of nitrogens with zero attached hydrogens (tertiary/aromatic N) is 3. The summed E-state index contributed by atoms with van der Waals surface area (Å²) in [4.78, 5) is 7.93. The Labute approximate surface area is 161 Å². The van der Waals surface area contributed by atoms with Crippen LogP contribution >= 0.6 is 22.9 Å². The molecule has 3 rings (SSSR count). The van der Waals surface area contributed by atoms with Crippen LogP contribution in [0, 0.1) is 0 Å². The summed E-state index contributed by atoms with van der Waals surface area (Å²) in [5, 5.41) is 4.09. The van der Waals surface area contributed by atoms with Crippen molar-refractivity contribution in [1.82, 2.24) is 15.0 Å². The molecule has 0 N–H and O–H groups in total. The van der Waals surface area contributed by atoms with E-state index in [0.29, 0.717) is 29.8 Å². The van der Waals surface area contributed by atoms with E-state index >= 15 is 0 Å². The van der Waals surface area contributed by atoms with Gasteiger partial charge in [-0.05, 0) is 36.9 Å². The second-order valence-electron chi connectivity index (χ2n) is 5.59. The molecule has 26 heavy (non-hydrogen) atoms. The summed E-state index contributed by atoms with van der Waals surface area (Å²) >= 11 is 7.59. The van der Waals surface area contributed by atoms with Crippen LogP contribution in [0.5, 0.6) is 11.5 Å². The van der Waals surface area contributed by atoms with Crippen LogP contribution in [0.15, 0.2) is 34.9 Å². The third kappa shape index (κ3) is 4.35. The average molecular weight is 394 g/mol. The summed E-state index contributed by atoms with van der Waals surface area (Å²) in [6.07, 6.45) is 0. The van der Waals surface area contributed by atoms with Gasteiger partial charge in [-0.25, -0.2) is 0 Å². The van der Waals surface area contributed by atoms with Gasteiger partial charge in [0, 0.05) is 17.0 Å². The van der Waals surface area contributed by atoms with Crippen molar-refractivity contribution >= 4 is 22.9 Å². The molecule has 2 aromatic heterocycles. The summed E-state index contributed by atoms with van der Waals surface area (Å²) in [5.41, 5.74) is 0.811. The van der Waals surface area contributed by atoms with E-state index in [-0.39, 0.29) is 0 Å². The number of hydrogen-bond donors (Lipinski definition) is 0. The molecule has 6 nitrogen and oxygen atoms in total. The highest BCUT2D eigenvalue weighted by molar-refractivity contribution is 7.16. The lowest BCUT2D eigenvalue weighted by molar-refractivity contribution is 0.230. The highest BCUT2D eigenvalue weighted by Crippen LogP contribution is 2.31. The molecule has 0 radical (unpaired) electrons. The maximum absolute atomic E-state index is 6.00. The fourth-order valence-electron chi connectivity index (χ4n) is 2.54. The van der Waals surface area contributed by atoms with E-state index in [0.717, 1.165) is 23.0 Å². The standard InChI is InChI=1S/C18H20ClN3O3S/c1-4-22(10-13-6-8-16(19)26-13)11-17-20-18(21-25-17)12-5-7-14(23-2)15(9-12)24-3/h5-9H,4,10-11H2,1-3H3. The highest BCUT2D eigenvalue weighted by atomic mass is 35.5. The van der Waals surface area contributed by atoms with Crippen molar-refractivity contribution < 1.29 is 14.0 Å². The van der Waals surface area contributed by atoms with Gasteiger partial charge in [0.05, 0.1) is 25.1 Å². The second kappa shape index (κ2) is 8.53. The van der Waals surface area contributed by atoms with Crippen molar-refractivity contribution in [2.45, 2.75) is 20.0 Å². The first-order chi connectivity index (χ1) is 12.6. The SMILES string of the molecule is CCN(Cc1nc(-c2ccc(OC)c(OC)c2)no1)Cc1ccc(Cl)s1. The topological polar surface area (TPSA) is 60.6 Å². The van der Waals surface area contributed by atoms with Crippen molar-refractivity contribution in [2.24, 2.45) is 0 Å². The maximum Gasteiger partial charge on any atom is 0.241 e. The Kier molecular flexibility index (Phi) is 6.13. The van der Waals surface area contributed by atoms with E-state index in [4.69, 9.17) is 25.6 Å². The van der Waals surface area contributed by atoms with Gasteiger partial charge in [-0.3, -0.25) is 4.90 Å². The number of aromatic nitrogens is 2. The minimum Gasteiger partial charge on any atom is -0.493 e. The van der Waals surface area contributed by atoms with E-state index in [9.17, 15) is 0 Å². The molecule has 0 fully saturated rings. The largest absolute Gasteiger partial charge is 0.493 e. The molecule has 0 spiro atoms. The zero-order chi connectivity index (χ0) is 18.5. The van der Waals surface area contributed by atoms with Crippen molar-refractivity contribution in [3.05, 3.63) is 45.4 Å². The molecular weight excluding hydrogens is 374 g/mol. The summed E-state index contributed by atoms with van der Waals surface area (Å²) in [5.74, 6) is 2.38. The Morgan fingerprint density at radius 3 is 2.58 bits per heavy atom. The van der Waals surface area contributed by atoms with Gasteiger partial charge in [-0.2, -0.15) is 4.98 Å². The molecule has 0 saturated heterocycles.